The fourth-order valence-corrected chi connectivity index (χ4v) is 10.2. The number of hydrogen-bond donors (Lipinski definition) is 0. The van der Waals surface area contributed by atoms with Crippen LogP contribution in [-0.2, 0) is 10.8 Å². The van der Waals surface area contributed by atoms with Gasteiger partial charge in [0.15, 0.2) is 17.5 Å². The summed E-state index contributed by atoms with van der Waals surface area (Å²) in [4.78, 5) is 14.8. The molecule has 11 rings (SSSR count). The SMILES string of the molecule is CC1(C)c2ccccc2-c2cc3c(cc21)-c1cc(-c2cccc(-c4ccc(-c5nc(-c6ccccc6)nc(-c6ccccc6)n5)cc4)c2)ccc1C31CCCCC1. The maximum Gasteiger partial charge on any atom is 0.164 e. The molecule has 3 aliphatic carbocycles. The molecule has 57 heavy (non-hydrogen) atoms. The highest BCUT2D eigenvalue weighted by Gasteiger charge is 2.46. The lowest BCUT2D eigenvalue weighted by Gasteiger charge is -2.36. The van der Waals surface area contributed by atoms with Gasteiger partial charge in [-0.25, -0.2) is 15.0 Å². The van der Waals surface area contributed by atoms with Crippen molar-refractivity contribution < 1.29 is 0 Å². The van der Waals surface area contributed by atoms with Gasteiger partial charge in [0.2, 0.25) is 0 Å². The highest BCUT2D eigenvalue weighted by Crippen LogP contribution is 2.60. The molecule has 0 atom stereocenters. The molecule has 1 spiro atoms. The van der Waals surface area contributed by atoms with Crippen LogP contribution >= 0.6 is 0 Å². The third-order valence-electron chi connectivity index (χ3n) is 13.1. The first-order valence-corrected chi connectivity index (χ1v) is 20.5. The van der Waals surface area contributed by atoms with E-state index in [-0.39, 0.29) is 10.8 Å². The molecule has 0 amide bonds. The lowest BCUT2D eigenvalue weighted by Crippen LogP contribution is -2.28. The molecule has 274 valence electrons. The molecule has 0 aliphatic heterocycles. The molecule has 0 N–H and O–H groups in total. The first kappa shape index (κ1) is 33.9. The van der Waals surface area contributed by atoms with Crippen molar-refractivity contribution >= 4 is 0 Å². The molecule has 7 aromatic carbocycles. The van der Waals surface area contributed by atoms with E-state index in [0.29, 0.717) is 17.5 Å². The minimum atomic E-state index is -0.0250. The van der Waals surface area contributed by atoms with Crippen molar-refractivity contribution in [1.82, 2.24) is 15.0 Å². The van der Waals surface area contributed by atoms with Crippen molar-refractivity contribution in [3.63, 3.8) is 0 Å². The Morgan fingerprint density at radius 3 is 1.47 bits per heavy atom. The van der Waals surface area contributed by atoms with Crippen molar-refractivity contribution in [3.8, 4) is 78.7 Å². The molecule has 0 radical (unpaired) electrons. The van der Waals surface area contributed by atoms with Gasteiger partial charge in [0.25, 0.3) is 0 Å². The first-order valence-electron chi connectivity index (χ1n) is 20.5. The predicted octanol–water partition coefficient (Wildman–Crippen LogP) is 13.7. The summed E-state index contributed by atoms with van der Waals surface area (Å²) in [5, 5.41) is 0. The third-order valence-corrected chi connectivity index (χ3v) is 13.1. The van der Waals surface area contributed by atoms with Crippen LogP contribution in [0.5, 0.6) is 0 Å². The summed E-state index contributed by atoms with van der Waals surface area (Å²) in [7, 11) is 0. The van der Waals surface area contributed by atoms with Crippen LogP contribution in [0.3, 0.4) is 0 Å². The summed E-state index contributed by atoms with van der Waals surface area (Å²) in [6.45, 7) is 4.80. The Bertz CT molecular complexity index is 2770. The van der Waals surface area contributed by atoms with Crippen molar-refractivity contribution in [2.75, 3.05) is 0 Å². The zero-order valence-corrected chi connectivity index (χ0v) is 32.5. The van der Waals surface area contributed by atoms with E-state index < -0.39 is 0 Å². The Balaban J connectivity index is 0.958. The molecule has 3 heteroatoms. The minimum Gasteiger partial charge on any atom is -0.208 e. The minimum absolute atomic E-state index is 0.0250. The second kappa shape index (κ2) is 13.1. The molecule has 1 aromatic heterocycles. The summed E-state index contributed by atoms with van der Waals surface area (Å²) in [5.41, 5.74) is 19.5. The van der Waals surface area contributed by atoms with Gasteiger partial charge in [0.1, 0.15) is 0 Å². The molecular weight excluding hydrogens is 691 g/mol. The van der Waals surface area contributed by atoms with E-state index in [1.165, 1.54) is 87.7 Å². The average molecular weight is 734 g/mol. The van der Waals surface area contributed by atoms with Gasteiger partial charge < -0.3 is 0 Å². The van der Waals surface area contributed by atoms with Crippen LogP contribution in [0, 0.1) is 0 Å². The molecular formula is C54H43N3. The highest BCUT2D eigenvalue weighted by atomic mass is 15.0. The van der Waals surface area contributed by atoms with E-state index in [1.54, 1.807) is 5.56 Å². The van der Waals surface area contributed by atoms with Crippen LogP contribution in [0.1, 0.15) is 68.2 Å². The lowest BCUT2D eigenvalue weighted by atomic mass is 9.67. The molecule has 0 bridgehead atoms. The molecule has 0 saturated heterocycles. The highest BCUT2D eigenvalue weighted by molar-refractivity contribution is 5.91. The van der Waals surface area contributed by atoms with E-state index in [0.717, 1.165) is 22.3 Å². The Hall–Kier alpha value is -6.45. The topological polar surface area (TPSA) is 38.7 Å². The van der Waals surface area contributed by atoms with E-state index in [9.17, 15) is 0 Å². The van der Waals surface area contributed by atoms with Crippen LogP contribution in [0.2, 0.25) is 0 Å². The van der Waals surface area contributed by atoms with E-state index in [2.05, 4.69) is 117 Å². The Labute approximate surface area is 335 Å². The van der Waals surface area contributed by atoms with Gasteiger partial charge in [-0.3, -0.25) is 0 Å². The lowest BCUT2D eigenvalue weighted by molar-refractivity contribution is 0.353. The zero-order valence-electron chi connectivity index (χ0n) is 32.5. The second-order valence-electron chi connectivity index (χ2n) is 16.7. The predicted molar refractivity (Wildman–Crippen MR) is 234 cm³/mol. The smallest absolute Gasteiger partial charge is 0.164 e. The van der Waals surface area contributed by atoms with Crippen LogP contribution in [0.15, 0.2) is 164 Å². The largest absolute Gasteiger partial charge is 0.208 e. The monoisotopic (exact) mass is 733 g/mol. The summed E-state index contributed by atoms with van der Waals surface area (Å²) >= 11 is 0. The third kappa shape index (κ3) is 5.44. The molecule has 0 unspecified atom stereocenters. The van der Waals surface area contributed by atoms with Crippen LogP contribution < -0.4 is 0 Å². The van der Waals surface area contributed by atoms with Crippen molar-refractivity contribution in [2.24, 2.45) is 0 Å². The van der Waals surface area contributed by atoms with Crippen molar-refractivity contribution in [2.45, 2.75) is 56.8 Å². The van der Waals surface area contributed by atoms with Crippen LogP contribution in [0.4, 0.5) is 0 Å². The Morgan fingerprint density at radius 1 is 0.333 bits per heavy atom. The van der Waals surface area contributed by atoms with E-state index >= 15 is 0 Å². The van der Waals surface area contributed by atoms with Crippen LogP contribution in [0.25, 0.3) is 78.7 Å². The quantitative estimate of drug-likeness (QED) is 0.177. The van der Waals surface area contributed by atoms with Gasteiger partial charge in [-0.1, -0.05) is 173 Å². The summed E-state index contributed by atoms with van der Waals surface area (Å²) < 4.78 is 0. The molecule has 1 heterocycles. The number of nitrogens with zero attached hydrogens (tertiary/aromatic N) is 3. The Morgan fingerprint density at radius 2 is 0.807 bits per heavy atom. The molecule has 1 fully saturated rings. The van der Waals surface area contributed by atoms with Gasteiger partial charge in [-0.2, -0.15) is 0 Å². The fourth-order valence-electron chi connectivity index (χ4n) is 10.2. The van der Waals surface area contributed by atoms with Crippen LogP contribution in [-0.4, -0.2) is 15.0 Å². The molecule has 1 saturated carbocycles. The number of aromatic nitrogens is 3. The number of hydrogen-bond acceptors (Lipinski definition) is 3. The van der Waals surface area contributed by atoms with E-state index in [4.69, 9.17) is 15.0 Å². The first-order chi connectivity index (χ1) is 28.0. The van der Waals surface area contributed by atoms with Crippen molar-refractivity contribution in [1.29, 1.82) is 0 Å². The molecule has 3 nitrogen and oxygen atoms in total. The van der Waals surface area contributed by atoms with E-state index in [1.807, 2.05) is 60.7 Å². The molecule has 3 aliphatic rings. The summed E-state index contributed by atoms with van der Waals surface area (Å²) in [5.74, 6) is 2.00. The van der Waals surface area contributed by atoms with Gasteiger partial charge in [0, 0.05) is 27.5 Å². The van der Waals surface area contributed by atoms with Gasteiger partial charge in [-0.05, 0) is 104 Å². The maximum absolute atomic E-state index is 4.95. The normalized spacial score (nSPS) is 15.5. The molecule has 8 aromatic rings. The number of rotatable bonds is 5. The second-order valence-corrected chi connectivity index (χ2v) is 16.7. The number of fused-ring (bicyclic) bond motifs is 8. The van der Waals surface area contributed by atoms with Crippen molar-refractivity contribution in [3.05, 3.63) is 186 Å². The van der Waals surface area contributed by atoms with Gasteiger partial charge in [-0.15, -0.1) is 0 Å². The zero-order chi connectivity index (χ0) is 38.1. The standard InChI is InChI=1S/C54H43N3/c1-53(2)46-22-11-10-21-42(46)44-34-49-45(33-48(44)53)43-32-41(27-28-47(43)54(49)29-12-5-13-30-54)40-20-14-19-39(31-40)35-23-25-38(26-24-35)52-56-50(36-15-6-3-7-16-36)55-51(57-52)37-17-8-4-9-18-37/h3-4,6-11,14-28,31-34H,5,12-13,29-30H2,1-2H3. The summed E-state index contributed by atoms with van der Waals surface area (Å²) in [6.07, 6.45) is 6.37. The number of benzene rings is 7. The fraction of sp³-hybridized carbons (Fsp3) is 0.167. The van der Waals surface area contributed by atoms with Gasteiger partial charge in [0.05, 0.1) is 0 Å². The maximum atomic E-state index is 4.95. The average Bonchev–Trinajstić information content (AvgIpc) is 3.66. The Kier molecular flexibility index (Phi) is 7.76. The summed E-state index contributed by atoms with van der Waals surface area (Å²) in [6, 6.07) is 59.5. The van der Waals surface area contributed by atoms with Gasteiger partial charge >= 0.3 is 0 Å².